The molecule has 1 spiro atoms. The van der Waals surface area contributed by atoms with E-state index in [4.69, 9.17) is 0 Å². The highest BCUT2D eigenvalue weighted by Crippen LogP contribution is 2.69. The minimum absolute atomic E-state index is 0.153. The van der Waals surface area contributed by atoms with Gasteiger partial charge in [-0.3, -0.25) is 0 Å². The van der Waals surface area contributed by atoms with E-state index in [-0.39, 0.29) is 16.2 Å². The number of nitrogens with zero attached hydrogens (tertiary/aromatic N) is 1. The van der Waals surface area contributed by atoms with E-state index in [1.807, 2.05) is 0 Å². The molecule has 5 aromatic carbocycles. The molecule has 0 N–H and O–H groups in total. The third-order valence-electron chi connectivity index (χ3n) is 13.9. The topological polar surface area (TPSA) is 3.24 Å². The van der Waals surface area contributed by atoms with Crippen LogP contribution in [-0.2, 0) is 16.2 Å². The number of hydrogen-bond acceptors (Lipinski definition) is 1. The van der Waals surface area contributed by atoms with Crippen molar-refractivity contribution < 1.29 is 0 Å². The third kappa shape index (κ3) is 3.89. The Balaban J connectivity index is 1.20. The van der Waals surface area contributed by atoms with Crippen molar-refractivity contribution in [1.29, 1.82) is 0 Å². The van der Waals surface area contributed by atoms with Gasteiger partial charge in [-0.25, -0.2) is 0 Å². The molecule has 0 radical (unpaired) electrons. The van der Waals surface area contributed by atoms with E-state index in [1.54, 1.807) is 11.1 Å². The molecule has 5 aromatic rings. The van der Waals surface area contributed by atoms with Crippen molar-refractivity contribution >= 4 is 27.8 Å². The Morgan fingerprint density at radius 1 is 0.468 bits per heavy atom. The fourth-order valence-corrected chi connectivity index (χ4v) is 11.8. The van der Waals surface area contributed by atoms with Crippen LogP contribution in [-0.4, -0.2) is 0 Å². The first kappa shape index (κ1) is 28.2. The first-order chi connectivity index (χ1) is 22.7. The van der Waals surface area contributed by atoms with Gasteiger partial charge in [-0.1, -0.05) is 94.4 Å². The van der Waals surface area contributed by atoms with Crippen molar-refractivity contribution in [3.63, 3.8) is 0 Å². The normalized spacial score (nSPS) is 28.7. The summed E-state index contributed by atoms with van der Waals surface area (Å²) >= 11 is 0. The van der Waals surface area contributed by atoms with Gasteiger partial charge < -0.3 is 4.90 Å². The van der Waals surface area contributed by atoms with E-state index in [0.29, 0.717) is 0 Å². The predicted octanol–water partition coefficient (Wildman–Crippen LogP) is 12.4. The van der Waals surface area contributed by atoms with Gasteiger partial charge in [0.2, 0.25) is 0 Å². The molecule has 47 heavy (non-hydrogen) atoms. The Kier molecular flexibility index (Phi) is 5.77. The number of rotatable bonds is 3. The maximum atomic E-state index is 2.65. The molecule has 0 atom stereocenters. The average Bonchev–Trinajstić information content (AvgIpc) is 3.36. The lowest BCUT2D eigenvalue weighted by molar-refractivity contribution is -0.0399. The quantitative estimate of drug-likeness (QED) is 0.196. The second-order valence-corrected chi connectivity index (χ2v) is 17.3. The summed E-state index contributed by atoms with van der Waals surface area (Å²) in [6, 6.07) is 40.4. The van der Waals surface area contributed by atoms with E-state index in [0.717, 1.165) is 23.7 Å². The van der Waals surface area contributed by atoms with Crippen LogP contribution in [0.5, 0.6) is 0 Å². The van der Waals surface area contributed by atoms with Gasteiger partial charge in [-0.15, -0.1) is 0 Å². The molecule has 0 unspecified atom stereocenters. The van der Waals surface area contributed by atoms with E-state index in [1.165, 1.54) is 95.0 Å². The van der Waals surface area contributed by atoms with Gasteiger partial charge in [0.1, 0.15) is 0 Å². The van der Waals surface area contributed by atoms with Crippen LogP contribution in [0.4, 0.5) is 17.1 Å². The SMILES string of the molecule is CC1(C)CCC(C)(C)c2cc(N(c3ccc4c(c3)C3(c5ccccc5-4)C4CC5CC(C4)CC3C5)c3ccc4ccccc4c3)ccc21. The Morgan fingerprint density at radius 3 is 1.77 bits per heavy atom. The van der Waals surface area contributed by atoms with Gasteiger partial charge in [0, 0.05) is 22.5 Å². The molecule has 11 rings (SSSR count). The van der Waals surface area contributed by atoms with E-state index < -0.39 is 0 Å². The zero-order valence-electron chi connectivity index (χ0n) is 28.5. The summed E-state index contributed by atoms with van der Waals surface area (Å²) in [4.78, 5) is 2.58. The summed E-state index contributed by atoms with van der Waals surface area (Å²) in [5.74, 6) is 3.41. The first-order valence-corrected chi connectivity index (χ1v) is 18.4. The van der Waals surface area contributed by atoms with Crippen LogP contribution >= 0.6 is 0 Å². The second-order valence-electron chi connectivity index (χ2n) is 17.3. The molecule has 4 fully saturated rings. The maximum absolute atomic E-state index is 2.65. The van der Waals surface area contributed by atoms with Crippen LogP contribution in [0.3, 0.4) is 0 Å². The van der Waals surface area contributed by atoms with Gasteiger partial charge in [-0.05, 0) is 160 Å². The van der Waals surface area contributed by atoms with Crippen molar-refractivity contribution in [3.05, 3.63) is 125 Å². The van der Waals surface area contributed by atoms with Crippen LogP contribution in [0.1, 0.15) is 94.9 Å². The third-order valence-corrected chi connectivity index (χ3v) is 13.9. The maximum Gasteiger partial charge on any atom is 0.0468 e. The van der Waals surface area contributed by atoms with E-state index >= 15 is 0 Å². The average molecular weight is 614 g/mol. The smallest absolute Gasteiger partial charge is 0.0468 e. The lowest BCUT2D eigenvalue weighted by atomic mass is 9.43. The molecule has 1 heteroatoms. The predicted molar refractivity (Wildman–Crippen MR) is 197 cm³/mol. The molecule has 4 saturated carbocycles. The fraction of sp³-hybridized carbons (Fsp3) is 0.391. The summed E-state index contributed by atoms with van der Waals surface area (Å²) in [6.45, 7) is 9.77. The summed E-state index contributed by atoms with van der Waals surface area (Å²) in [7, 11) is 0. The molecule has 6 aliphatic rings. The lowest BCUT2D eigenvalue weighted by Crippen LogP contribution is -2.55. The van der Waals surface area contributed by atoms with E-state index in [9.17, 15) is 0 Å². The van der Waals surface area contributed by atoms with E-state index in [2.05, 4.69) is 136 Å². The van der Waals surface area contributed by atoms with Crippen LogP contribution in [0, 0.1) is 23.7 Å². The Morgan fingerprint density at radius 2 is 1.02 bits per heavy atom. The zero-order valence-corrected chi connectivity index (χ0v) is 28.5. The van der Waals surface area contributed by atoms with Crippen molar-refractivity contribution in [1.82, 2.24) is 0 Å². The van der Waals surface area contributed by atoms with Gasteiger partial charge in [-0.2, -0.15) is 0 Å². The molecule has 0 amide bonds. The summed E-state index contributed by atoms with van der Waals surface area (Å²) in [5.41, 5.74) is 13.6. The van der Waals surface area contributed by atoms with Crippen LogP contribution in [0.25, 0.3) is 21.9 Å². The monoisotopic (exact) mass is 613 g/mol. The van der Waals surface area contributed by atoms with Crippen molar-refractivity contribution in [2.75, 3.05) is 4.90 Å². The highest BCUT2D eigenvalue weighted by molar-refractivity contribution is 5.91. The summed E-state index contributed by atoms with van der Waals surface area (Å²) in [5, 5.41) is 2.59. The molecular weight excluding hydrogens is 567 g/mol. The Hall–Kier alpha value is -3.84. The molecule has 1 nitrogen and oxygen atoms in total. The summed E-state index contributed by atoms with van der Waals surface area (Å²) < 4.78 is 0. The van der Waals surface area contributed by atoms with Gasteiger partial charge in [0.05, 0.1) is 0 Å². The molecule has 6 aliphatic carbocycles. The second kappa shape index (κ2) is 9.62. The Bertz CT molecular complexity index is 2050. The van der Waals surface area contributed by atoms with Crippen LogP contribution in [0.15, 0.2) is 103 Å². The molecular formula is C46H47N. The van der Waals surface area contributed by atoms with Gasteiger partial charge in [0.15, 0.2) is 0 Å². The molecule has 0 aliphatic heterocycles. The fourth-order valence-electron chi connectivity index (χ4n) is 11.8. The molecule has 0 saturated heterocycles. The minimum Gasteiger partial charge on any atom is -0.310 e. The summed E-state index contributed by atoms with van der Waals surface area (Å²) in [6.07, 6.45) is 9.59. The van der Waals surface area contributed by atoms with Crippen molar-refractivity contribution in [2.24, 2.45) is 23.7 Å². The minimum atomic E-state index is 0.153. The molecule has 4 bridgehead atoms. The molecule has 0 aromatic heterocycles. The van der Waals surface area contributed by atoms with Crippen LogP contribution < -0.4 is 4.90 Å². The Labute approximate surface area is 281 Å². The number of hydrogen-bond donors (Lipinski definition) is 0. The molecule has 0 heterocycles. The largest absolute Gasteiger partial charge is 0.310 e. The van der Waals surface area contributed by atoms with Crippen molar-refractivity contribution in [2.45, 2.75) is 88.9 Å². The number of fused-ring (bicyclic) bond motifs is 5. The highest BCUT2D eigenvalue weighted by Gasteiger charge is 2.61. The standard InChI is InChI=1S/C46H47N/c1-44(2)19-20-45(3,4)43-28-37(16-18-41(43)44)47(35-14-13-31-9-5-6-10-32(31)26-35)36-15-17-39-38-11-7-8-12-40(38)46(42(39)27-36)33-22-29-21-30(24-33)25-34(46)23-29/h5-18,26-30,33-34H,19-25H2,1-4H3. The lowest BCUT2D eigenvalue weighted by Gasteiger charge is -2.61. The number of benzene rings is 5. The zero-order chi connectivity index (χ0) is 31.7. The number of anilines is 3. The van der Waals surface area contributed by atoms with Crippen LogP contribution in [0.2, 0.25) is 0 Å². The van der Waals surface area contributed by atoms with Gasteiger partial charge >= 0.3 is 0 Å². The van der Waals surface area contributed by atoms with Gasteiger partial charge in [0.25, 0.3) is 0 Å². The molecule has 236 valence electrons. The first-order valence-electron chi connectivity index (χ1n) is 18.4. The highest BCUT2D eigenvalue weighted by atomic mass is 15.1. The van der Waals surface area contributed by atoms with Crippen molar-refractivity contribution in [3.8, 4) is 11.1 Å².